The number of nitrogens with one attached hydrogen (secondary N) is 1. The molecule has 1 aromatic rings. The summed E-state index contributed by atoms with van der Waals surface area (Å²) < 4.78 is 5.44. The number of hydrogen-bond acceptors (Lipinski definition) is 4. The van der Waals surface area contributed by atoms with E-state index in [-0.39, 0.29) is 0 Å². The van der Waals surface area contributed by atoms with Crippen LogP contribution in [0.3, 0.4) is 0 Å². The molecule has 2 aliphatic heterocycles. The van der Waals surface area contributed by atoms with Gasteiger partial charge in [0.05, 0.1) is 6.61 Å². The summed E-state index contributed by atoms with van der Waals surface area (Å²) in [6.07, 6.45) is 3.89. The summed E-state index contributed by atoms with van der Waals surface area (Å²) in [5.74, 6) is 1.66. The Morgan fingerprint density at radius 1 is 1.39 bits per heavy atom. The van der Waals surface area contributed by atoms with E-state index in [2.05, 4.69) is 15.2 Å². The van der Waals surface area contributed by atoms with E-state index in [9.17, 15) is 0 Å². The molecule has 2 unspecified atom stereocenters. The molecule has 0 aliphatic carbocycles. The molecule has 4 nitrogen and oxygen atoms in total. The Bertz CT molecular complexity index is 410. The first kappa shape index (κ1) is 11.8. The lowest BCUT2D eigenvalue weighted by Gasteiger charge is -2.21. The number of fused-ring (bicyclic) bond motifs is 1. The number of rotatable bonds is 4. The fraction of sp³-hybridized carbons (Fsp3) is 0.643. The minimum Gasteiger partial charge on any atom is -0.478 e. The average Bonchev–Trinajstić information content (AvgIpc) is 2.95. The highest BCUT2D eigenvalue weighted by molar-refractivity contribution is 5.39. The zero-order chi connectivity index (χ0) is 12.4. The van der Waals surface area contributed by atoms with E-state index in [0.717, 1.165) is 5.82 Å². The highest BCUT2D eigenvalue weighted by Crippen LogP contribution is 2.29. The molecular weight excluding hydrogens is 226 g/mol. The van der Waals surface area contributed by atoms with Crippen molar-refractivity contribution in [1.82, 2.24) is 9.88 Å². The second kappa shape index (κ2) is 5.14. The smallest absolute Gasteiger partial charge is 0.215 e. The van der Waals surface area contributed by atoms with Gasteiger partial charge in [-0.05, 0) is 38.8 Å². The summed E-state index contributed by atoms with van der Waals surface area (Å²) in [7, 11) is 0. The van der Waals surface area contributed by atoms with Crippen molar-refractivity contribution in [3.63, 3.8) is 0 Å². The molecule has 0 spiro atoms. The highest BCUT2D eigenvalue weighted by atomic mass is 16.5. The zero-order valence-electron chi connectivity index (χ0n) is 10.9. The Morgan fingerprint density at radius 3 is 3.22 bits per heavy atom. The number of ether oxygens (including phenoxy) is 1. The third kappa shape index (κ3) is 2.29. The van der Waals surface area contributed by atoms with E-state index in [1.54, 1.807) is 0 Å². The van der Waals surface area contributed by atoms with Crippen LogP contribution in [0.4, 0.5) is 5.82 Å². The second-order valence-corrected chi connectivity index (χ2v) is 5.08. The zero-order valence-corrected chi connectivity index (χ0v) is 10.9. The molecule has 1 aromatic heterocycles. The lowest BCUT2D eigenvalue weighted by molar-refractivity contribution is 0.317. The van der Waals surface area contributed by atoms with Crippen LogP contribution in [0, 0.1) is 0 Å². The Balaban J connectivity index is 1.67. The van der Waals surface area contributed by atoms with Crippen LogP contribution in [0.5, 0.6) is 5.88 Å². The molecule has 98 valence electrons. The molecular formula is C14H21N3O. The Labute approximate surface area is 108 Å². The molecule has 3 rings (SSSR count). The minimum atomic E-state index is 0.553. The van der Waals surface area contributed by atoms with Gasteiger partial charge in [0.15, 0.2) is 0 Å². The van der Waals surface area contributed by atoms with E-state index >= 15 is 0 Å². The lowest BCUT2D eigenvalue weighted by Crippen LogP contribution is -2.33. The van der Waals surface area contributed by atoms with Gasteiger partial charge in [0.25, 0.3) is 0 Å². The number of nitrogens with zero attached hydrogens (tertiary/aromatic N) is 2. The first-order valence-corrected chi connectivity index (χ1v) is 6.97. The molecule has 0 saturated carbocycles. The van der Waals surface area contributed by atoms with Crippen LogP contribution in [0.25, 0.3) is 0 Å². The van der Waals surface area contributed by atoms with E-state index in [1.165, 1.54) is 32.4 Å². The fourth-order valence-corrected chi connectivity index (χ4v) is 3.16. The van der Waals surface area contributed by atoms with E-state index in [1.807, 2.05) is 25.1 Å². The standard InChI is InChI=1S/C14H21N3O/c1-2-18-14-7-3-6-13(16-14)15-11-8-10-17-9-4-5-12(11)17/h3,6-7,11-12H,2,4-5,8-10H2,1H3,(H,15,16). The van der Waals surface area contributed by atoms with Crippen molar-refractivity contribution in [3.8, 4) is 5.88 Å². The van der Waals surface area contributed by atoms with Gasteiger partial charge in [0, 0.05) is 24.7 Å². The fourth-order valence-electron chi connectivity index (χ4n) is 3.16. The summed E-state index contributed by atoms with van der Waals surface area (Å²) in [6, 6.07) is 7.20. The molecule has 2 fully saturated rings. The normalized spacial score (nSPS) is 27.2. The lowest BCUT2D eigenvalue weighted by atomic mass is 10.1. The Morgan fingerprint density at radius 2 is 2.33 bits per heavy atom. The van der Waals surface area contributed by atoms with Crippen LogP contribution in [0.1, 0.15) is 26.2 Å². The van der Waals surface area contributed by atoms with Gasteiger partial charge in [-0.15, -0.1) is 0 Å². The van der Waals surface area contributed by atoms with E-state index < -0.39 is 0 Å². The van der Waals surface area contributed by atoms with Gasteiger partial charge in [-0.25, -0.2) is 0 Å². The molecule has 1 N–H and O–H groups in total. The number of aromatic nitrogens is 1. The third-order valence-corrected chi connectivity index (χ3v) is 3.96. The van der Waals surface area contributed by atoms with Crippen molar-refractivity contribution < 1.29 is 4.74 Å². The van der Waals surface area contributed by atoms with Gasteiger partial charge in [-0.1, -0.05) is 6.07 Å². The van der Waals surface area contributed by atoms with Crippen molar-refractivity contribution >= 4 is 5.82 Å². The largest absolute Gasteiger partial charge is 0.478 e. The average molecular weight is 247 g/mol. The molecule has 3 heterocycles. The first-order valence-electron chi connectivity index (χ1n) is 6.97. The van der Waals surface area contributed by atoms with Crippen LogP contribution in [0.15, 0.2) is 18.2 Å². The maximum atomic E-state index is 5.44. The monoisotopic (exact) mass is 247 g/mol. The second-order valence-electron chi connectivity index (χ2n) is 5.08. The molecule has 0 bridgehead atoms. The maximum Gasteiger partial charge on any atom is 0.215 e. The van der Waals surface area contributed by atoms with Gasteiger partial charge in [0.2, 0.25) is 5.88 Å². The number of pyridine rings is 1. The van der Waals surface area contributed by atoms with Crippen LogP contribution < -0.4 is 10.1 Å². The Hall–Kier alpha value is -1.29. The predicted molar refractivity (Wildman–Crippen MR) is 72.0 cm³/mol. The SMILES string of the molecule is CCOc1cccc(NC2CCN3CCCC23)n1. The molecule has 0 radical (unpaired) electrons. The third-order valence-electron chi connectivity index (χ3n) is 3.96. The summed E-state index contributed by atoms with van der Waals surface area (Å²) in [5.41, 5.74) is 0. The van der Waals surface area contributed by atoms with Crippen LogP contribution in [-0.2, 0) is 0 Å². The molecule has 2 atom stereocenters. The topological polar surface area (TPSA) is 37.4 Å². The van der Waals surface area contributed by atoms with Gasteiger partial charge < -0.3 is 10.1 Å². The van der Waals surface area contributed by atoms with Gasteiger partial charge >= 0.3 is 0 Å². The van der Waals surface area contributed by atoms with E-state index in [4.69, 9.17) is 4.74 Å². The van der Waals surface area contributed by atoms with Crippen LogP contribution in [-0.4, -0.2) is 41.7 Å². The summed E-state index contributed by atoms with van der Waals surface area (Å²) in [6.45, 7) is 5.15. The van der Waals surface area contributed by atoms with Crippen molar-refractivity contribution in [3.05, 3.63) is 18.2 Å². The summed E-state index contributed by atoms with van der Waals surface area (Å²) >= 11 is 0. The van der Waals surface area contributed by atoms with Crippen molar-refractivity contribution in [1.29, 1.82) is 0 Å². The van der Waals surface area contributed by atoms with Crippen LogP contribution >= 0.6 is 0 Å². The molecule has 2 aliphatic rings. The first-order chi connectivity index (χ1) is 8.86. The highest BCUT2D eigenvalue weighted by Gasteiger charge is 2.37. The molecule has 2 saturated heterocycles. The van der Waals surface area contributed by atoms with Crippen molar-refractivity contribution in [2.45, 2.75) is 38.3 Å². The minimum absolute atomic E-state index is 0.553. The number of anilines is 1. The van der Waals surface area contributed by atoms with Gasteiger partial charge in [0.1, 0.15) is 5.82 Å². The maximum absolute atomic E-state index is 5.44. The summed E-state index contributed by atoms with van der Waals surface area (Å²) in [4.78, 5) is 7.09. The molecule has 0 amide bonds. The van der Waals surface area contributed by atoms with Gasteiger partial charge in [-0.3, -0.25) is 4.90 Å². The Kier molecular flexibility index (Phi) is 3.37. The quantitative estimate of drug-likeness (QED) is 0.884. The predicted octanol–water partition coefficient (Wildman–Crippen LogP) is 2.13. The molecule has 4 heteroatoms. The van der Waals surface area contributed by atoms with E-state index in [0.29, 0.717) is 24.6 Å². The van der Waals surface area contributed by atoms with Crippen LogP contribution in [0.2, 0.25) is 0 Å². The molecule has 0 aromatic carbocycles. The summed E-state index contributed by atoms with van der Waals surface area (Å²) in [5, 5.41) is 3.58. The number of hydrogen-bond donors (Lipinski definition) is 1. The van der Waals surface area contributed by atoms with Crippen molar-refractivity contribution in [2.24, 2.45) is 0 Å². The molecule has 18 heavy (non-hydrogen) atoms. The van der Waals surface area contributed by atoms with Crippen molar-refractivity contribution in [2.75, 3.05) is 25.0 Å². The van der Waals surface area contributed by atoms with Gasteiger partial charge in [-0.2, -0.15) is 4.98 Å².